The highest BCUT2D eigenvalue weighted by Crippen LogP contribution is 2.15. The molecular weight excluding hydrogens is 164 g/mol. The second-order valence-corrected chi connectivity index (χ2v) is 3.40. The van der Waals surface area contributed by atoms with Crippen molar-refractivity contribution in [3.63, 3.8) is 0 Å². The number of carbonyl (C=O) groups excluding carboxylic acids is 1. The highest BCUT2D eigenvalue weighted by Gasteiger charge is 2.05. The van der Waals surface area contributed by atoms with E-state index in [0.29, 0.717) is 0 Å². The normalized spacial score (nSPS) is 10.1. The summed E-state index contributed by atoms with van der Waals surface area (Å²) in [5.41, 5.74) is 4.31. The van der Waals surface area contributed by atoms with Gasteiger partial charge in [-0.15, -0.1) is 0 Å². The number of hydrogen-bond acceptors (Lipinski definition) is 1. The highest BCUT2D eigenvalue weighted by atomic mass is 16.4. The van der Waals surface area contributed by atoms with Crippen LogP contribution in [0.4, 0.5) is 0 Å². The van der Waals surface area contributed by atoms with Gasteiger partial charge in [-0.2, -0.15) is 0 Å². The third kappa shape index (κ3) is 2.31. The summed E-state index contributed by atoms with van der Waals surface area (Å²) in [6.45, 7) is 6.01. The zero-order valence-electron chi connectivity index (χ0n) is 8.18. The van der Waals surface area contributed by atoms with Gasteiger partial charge in [-0.3, -0.25) is 0 Å². The van der Waals surface area contributed by atoms with E-state index in [1.807, 2.05) is 32.9 Å². The number of benzene rings is 1. The summed E-state index contributed by atoms with van der Waals surface area (Å²) in [5.74, 6) is -1.03. The van der Waals surface area contributed by atoms with Gasteiger partial charge in [0.05, 0.1) is 6.42 Å². The summed E-state index contributed by atoms with van der Waals surface area (Å²) in [6.07, 6.45) is 0.00194. The van der Waals surface area contributed by atoms with Gasteiger partial charge in [0.25, 0.3) is 0 Å². The number of hydrogen-bond donors (Lipinski definition) is 0. The summed E-state index contributed by atoms with van der Waals surface area (Å²) in [4.78, 5) is 10.4. The van der Waals surface area contributed by atoms with Gasteiger partial charge in [0, 0.05) is 0 Å². The molecule has 1 rings (SSSR count). The Labute approximate surface area is 78.2 Å². The topological polar surface area (TPSA) is 37.0 Å². The van der Waals surface area contributed by atoms with E-state index in [4.69, 9.17) is 0 Å². The summed E-state index contributed by atoms with van der Waals surface area (Å²) in [7, 11) is 0. The molecule has 1 radical (unpaired) electrons. The van der Waals surface area contributed by atoms with Gasteiger partial charge in [0.15, 0.2) is 0 Å². The fraction of sp³-hybridized carbons (Fsp3) is 0.364. The molecule has 2 heteroatoms. The molecule has 1 aromatic rings. The van der Waals surface area contributed by atoms with Gasteiger partial charge < -0.3 is 0 Å². The summed E-state index contributed by atoms with van der Waals surface area (Å²) >= 11 is 0. The van der Waals surface area contributed by atoms with E-state index < -0.39 is 5.97 Å². The zero-order valence-corrected chi connectivity index (χ0v) is 8.18. The average molecular weight is 177 g/mol. The molecule has 0 N–H and O–H groups in total. The molecule has 1 aromatic carbocycles. The predicted molar refractivity (Wildman–Crippen MR) is 50.1 cm³/mol. The lowest BCUT2D eigenvalue weighted by Gasteiger charge is -2.06. The van der Waals surface area contributed by atoms with Crippen molar-refractivity contribution in [3.05, 3.63) is 34.4 Å². The first-order chi connectivity index (χ1) is 6.00. The van der Waals surface area contributed by atoms with Gasteiger partial charge in [-0.1, -0.05) is 12.1 Å². The van der Waals surface area contributed by atoms with Crippen molar-refractivity contribution in [2.75, 3.05) is 0 Å². The van der Waals surface area contributed by atoms with Crippen molar-refractivity contribution in [1.29, 1.82) is 0 Å². The first-order valence-corrected chi connectivity index (χ1v) is 4.27. The molecule has 0 heterocycles. The molecule has 13 heavy (non-hydrogen) atoms. The molecule has 2 nitrogen and oxygen atoms in total. The number of rotatable bonds is 2. The lowest BCUT2D eigenvalue weighted by Crippen LogP contribution is -2.00. The predicted octanol–water partition coefficient (Wildman–Crippen LogP) is 2.11. The van der Waals surface area contributed by atoms with Gasteiger partial charge in [-0.05, 0) is 43.0 Å². The minimum Gasteiger partial charge on any atom is -0.247 e. The number of carbonyl (C=O) groups is 1. The molecule has 0 atom stereocenters. The van der Waals surface area contributed by atoms with Crippen LogP contribution in [0.25, 0.3) is 0 Å². The maximum Gasteiger partial charge on any atom is 0.359 e. The molecule has 0 aliphatic rings. The number of aryl methyl sites for hydroxylation is 2. The maximum atomic E-state index is 10.4. The second-order valence-electron chi connectivity index (χ2n) is 3.40. The van der Waals surface area contributed by atoms with Crippen LogP contribution in [0.15, 0.2) is 12.1 Å². The van der Waals surface area contributed by atoms with Crippen LogP contribution in [0.2, 0.25) is 0 Å². The van der Waals surface area contributed by atoms with Crippen LogP contribution in [-0.4, -0.2) is 5.97 Å². The van der Waals surface area contributed by atoms with Gasteiger partial charge in [-0.25, -0.2) is 9.90 Å². The smallest absolute Gasteiger partial charge is 0.247 e. The second kappa shape index (κ2) is 3.60. The first-order valence-electron chi connectivity index (χ1n) is 4.27. The largest absolute Gasteiger partial charge is 0.359 e. The van der Waals surface area contributed by atoms with Crippen LogP contribution in [0, 0.1) is 20.8 Å². The quantitative estimate of drug-likeness (QED) is 0.681. The van der Waals surface area contributed by atoms with Crippen molar-refractivity contribution < 1.29 is 9.90 Å². The molecule has 69 valence electrons. The Kier molecular flexibility index (Phi) is 2.71. The van der Waals surface area contributed by atoms with E-state index in [-0.39, 0.29) is 6.42 Å². The minimum absolute atomic E-state index is 0.00194. The molecule has 0 bridgehead atoms. The highest BCUT2D eigenvalue weighted by molar-refractivity contribution is 5.70. The third-order valence-corrected chi connectivity index (χ3v) is 2.34. The molecule has 0 saturated heterocycles. The van der Waals surface area contributed by atoms with Crippen LogP contribution in [0.3, 0.4) is 0 Å². The fourth-order valence-corrected chi connectivity index (χ4v) is 1.39. The Morgan fingerprint density at radius 2 is 1.62 bits per heavy atom. The summed E-state index contributed by atoms with van der Waals surface area (Å²) in [6, 6.07) is 3.80. The monoisotopic (exact) mass is 177 g/mol. The van der Waals surface area contributed by atoms with Crippen LogP contribution in [0.1, 0.15) is 22.3 Å². The van der Waals surface area contributed by atoms with E-state index in [1.165, 1.54) is 5.56 Å². The van der Waals surface area contributed by atoms with E-state index >= 15 is 0 Å². The maximum absolute atomic E-state index is 10.4. The average Bonchev–Trinajstić information content (AvgIpc) is 1.98. The zero-order chi connectivity index (χ0) is 10.0. The molecule has 0 aliphatic heterocycles. The SMILES string of the molecule is Cc1cc(CC([O])=O)cc(C)c1C. The lowest BCUT2D eigenvalue weighted by molar-refractivity contribution is -0.142. The van der Waals surface area contributed by atoms with E-state index in [9.17, 15) is 9.90 Å². The first kappa shape index (κ1) is 9.78. The molecule has 0 unspecified atom stereocenters. The van der Waals surface area contributed by atoms with Crippen molar-refractivity contribution in [2.45, 2.75) is 27.2 Å². The van der Waals surface area contributed by atoms with Crippen molar-refractivity contribution in [3.8, 4) is 0 Å². The lowest BCUT2D eigenvalue weighted by atomic mass is 9.99. The van der Waals surface area contributed by atoms with Crippen molar-refractivity contribution in [1.82, 2.24) is 0 Å². The minimum atomic E-state index is -1.03. The van der Waals surface area contributed by atoms with Crippen molar-refractivity contribution in [2.24, 2.45) is 0 Å². The van der Waals surface area contributed by atoms with Crippen molar-refractivity contribution >= 4 is 5.97 Å². The van der Waals surface area contributed by atoms with Crippen LogP contribution in [-0.2, 0) is 16.3 Å². The van der Waals surface area contributed by atoms with E-state index in [2.05, 4.69) is 0 Å². The Morgan fingerprint density at radius 3 is 2.00 bits per heavy atom. The summed E-state index contributed by atoms with van der Waals surface area (Å²) < 4.78 is 0. The van der Waals surface area contributed by atoms with Crippen LogP contribution in [0.5, 0.6) is 0 Å². The molecule has 0 spiro atoms. The molecule has 0 aromatic heterocycles. The Hall–Kier alpha value is -1.31. The standard InChI is InChI=1S/C11H13O2/c1-7-4-10(6-11(12)13)5-8(2)9(7)3/h4-5H,6H2,1-3H3. The van der Waals surface area contributed by atoms with Gasteiger partial charge in [0.1, 0.15) is 0 Å². The molecular formula is C11H13O2. The summed E-state index contributed by atoms with van der Waals surface area (Å²) in [5, 5.41) is 10.4. The third-order valence-electron chi connectivity index (χ3n) is 2.34. The van der Waals surface area contributed by atoms with Crippen LogP contribution >= 0.6 is 0 Å². The van der Waals surface area contributed by atoms with Crippen LogP contribution < -0.4 is 0 Å². The Morgan fingerprint density at radius 1 is 1.15 bits per heavy atom. The molecule has 0 fully saturated rings. The molecule has 0 aliphatic carbocycles. The fourth-order valence-electron chi connectivity index (χ4n) is 1.39. The van der Waals surface area contributed by atoms with E-state index in [0.717, 1.165) is 16.7 Å². The van der Waals surface area contributed by atoms with E-state index in [1.54, 1.807) is 0 Å². The molecule has 0 saturated carbocycles. The Bertz CT molecular complexity index is 317. The van der Waals surface area contributed by atoms with Gasteiger partial charge in [0.2, 0.25) is 0 Å². The Balaban J connectivity index is 3.06. The molecule has 0 amide bonds. The van der Waals surface area contributed by atoms with Gasteiger partial charge >= 0.3 is 5.97 Å².